The highest BCUT2D eigenvalue weighted by Gasteiger charge is 2.03. The van der Waals surface area contributed by atoms with Crippen LogP contribution in [0.5, 0.6) is 0 Å². The Morgan fingerprint density at radius 3 is 2.92 bits per heavy atom. The minimum Gasteiger partial charge on any atom is -0.465 e. The highest BCUT2D eigenvalue weighted by molar-refractivity contribution is 6.33. The molecule has 1 aromatic rings. The number of nitrogen functional groups attached to an aromatic ring is 1. The second kappa shape index (κ2) is 3.92. The Morgan fingerprint density at radius 2 is 2.38 bits per heavy atom. The smallest absolute Gasteiger partial charge is 0.410 e. The van der Waals surface area contributed by atoms with Crippen LogP contribution in [0.25, 0.3) is 0 Å². The second-order valence-electron chi connectivity index (χ2n) is 2.12. The molecular weight excluding hydrogens is 196 g/mol. The van der Waals surface area contributed by atoms with Gasteiger partial charge in [-0.2, -0.15) is 0 Å². The van der Waals surface area contributed by atoms with Crippen LogP contribution in [0, 0.1) is 0 Å². The average Bonchev–Trinajstić information content (AvgIpc) is 2.07. The monoisotopic (exact) mass is 202 g/mol. The molecule has 0 bridgehead atoms. The normalized spacial score (nSPS) is 9.38. The molecule has 0 radical (unpaired) electrons. The molecule has 1 amide bonds. The third-order valence-corrected chi connectivity index (χ3v) is 1.55. The fraction of sp³-hybridized carbons (Fsp3) is 0. The molecule has 0 unspecified atom stereocenters. The number of hydrogen-bond donors (Lipinski definition) is 4. The van der Waals surface area contributed by atoms with Crippen molar-refractivity contribution in [3.8, 4) is 0 Å². The Balaban J connectivity index is 2.92. The first-order valence-corrected chi connectivity index (χ1v) is 3.63. The summed E-state index contributed by atoms with van der Waals surface area (Å²) in [6.07, 6.45) is 0.0972. The van der Waals surface area contributed by atoms with E-state index in [0.717, 1.165) is 0 Å². The van der Waals surface area contributed by atoms with Crippen molar-refractivity contribution < 1.29 is 9.90 Å². The van der Waals surface area contributed by atoms with Gasteiger partial charge in [0, 0.05) is 6.07 Å². The summed E-state index contributed by atoms with van der Waals surface area (Å²) in [6.45, 7) is 0. The maximum Gasteiger partial charge on any atom is 0.410 e. The predicted molar refractivity (Wildman–Crippen MR) is 48.7 cm³/mol. The van der Waals surface area contributed by atoms with Gasteiger partial charge in [0.2, 0.25) is 0 Å². The van der Waals surface area contributed by atoms with Gasteiger partial charge in [-0.25, -0.2) is 9.78 Å². The first kappa shape index (κ1) is 9.56. The zero-order valence-corrected chi connectivity index (χ0v) is 7.17. The zero-order chi connectivity index (χ0) is 9.84. The fourth-order valence-corrected chi connectivity index (χ4v) is 0.885. The maximum absolute atomic E-state index is 10.2. The lowest BCUT2D eigenvalue weighted by Crippen LogP contribution is -2.11. The number of carbonyl (C=O) groups is 1. The van der Waals surface area contributed by atoms with Crippen molar-refractivity contribution in [3.63, 3.8) is 0 Å². The second-order valence-corrected chi connectivity index (χ2v) is 2.53. The third kappa shape index (κ3) is 2.46. The number of hydrazine groups is 1. The molecule has 0 saturated carbocycles. The lowest BCUT2D eigenvalue weighted by molar-refractivity contribution is 0.209. The standard InChI is InChI=1S/C6H7ClN4O2/c7-3-2-9-5(10-6(12)13)1-4(3)11-8/h1-2H,8H2,(H,12,13)(H2,9,10,11). The van der Waals surface area contributed by atoms with Crippen LogP contribution >= 0.6 is 11.6 Å². The highest BCUT2D eigenvalue weighted by atomic mass is 35.5. The van der Waals surface area contributed by atoms with Crippen molar-refractivity contribution >= 4 is 29.2 Å². The molecule has 1 aromatic heterocycles. The van der Waals surface area contributed by atoms with Crippen LogP contribution < -0.4 is 16.6 Å². The predicted octanol–water partition coefficient (Wildman–Crippen LogP) is 1.11. The molecule has 5 N–H and O–H groups in total. The Bertz CT molecular complexity index is 330. The molecule has 6 nitrogen and oxygen atoms in total. The van der Waals surface area contributed by atoms with Gasteiger partial charge in [0.1, 0.15) is 5.82 Å². The molecule has 0 aliphatic carbocycles. The number of hydrogen-bond acceptors (Lipinski definition) is 4. The van der Waals surface area contributed by atoms with E-state index in [1.54, 1.807) is 0 Å². The number of anilines is 2. The van der Waals surface area contributed by atoms with E-state index in [2.05, 4.69) is 15.7 Å². The lowest BCUT2D eigenvalue weighted by Gasteiger charge is -2.04. The summed E-state index contributed by atoms with van der Waals surface area (Å²) in [5.41, 5.74) is 2.71. The van der Waals surface area contributed by atoms with Gasteiger partial charge in [0.15, 0.2) is 0 Å². The van der Waals surface area contributed by atoms with Crippen molar-refractivity contribution in [2.24, 2.45) is 5.84 Å². The van der Waals surface area contributed by atoms with Crippen molar-refractivity contribution in [3.05, 3.63) is 17.3 Å². The molecule has 7 heteroatoms. The minimum absolute atomic E-state index is 0.157. The molecule has 0 spiro atoms. The quantitative estimate of drug-likeness (QED) is 0.425. The van der Waals surface area contributed by atoms with Gasteiger partial charge >= 0.3 is 6.09 Å². The van der Waals surface area contributed by atoms with Gasteiger partial charge in [-0.3, -0.25) is 11.2 Å². The third-order valence-electron chi connectivity index (χ3n) is 1.25. The van der Waals surface area contributed by atoms with Gasteiger partial charge in [0.05, 0.1) is 16.9 Å². The van der Waals surface area contributed by atoms with E-state index in [4.69, 9.17) is 22.6 Å². The SMILES string of the molecule is NNc1cc(NC(=O)O)ncc1Cl. The van der Waals surface area contributed by atoms with Crippen LogP contribution in [0.3, 0.4) is 0 Å². The lowest BCUT2D eigenvalue weighted by atomic mass is 10.4. The first-order chi connectivity index (χ1) is 6.13. The van der Waals surface area contributed by atoms with E-state index in [-0.39, 0.29) is 5.82 Å². The van der Waals surface area contributed by atoms with Crippen LogP contribution in [0.2, 0.25) is 5.02 Å². The number of halogens is 1. The number of nitrogens with zero attached hydrogens (tertiary/aromatic N) is 1. The number of rotatable bonds is 2. The first-order valence-electron chi connectivity index (χ1n) is 3.25. The number of aromatic nitrogens is 1. The van der Waals surface area contributed by atoms with E-state index in [0.29, 0.717) is 10.7 Å². The van der Waals surface area contributed by atoms with E-state index in [1.807, 2.05) is 0 Å². The largest absolute Gasteiger partial charge is 0.465 e. The number of pyridine rings is 1. The number of nitrogens with two attached hydrogens (primary N) is 1. The molecule has 70 valence electrons. The molecular formula is C6H7ClN4O2. The summed E-state index contributed by atoms with van der Waals surface area (Å²) in [5, 5.41) is 10.7. The summed E-state index contributed by atoms with van der Waals surface area (Å²) < 4.78 is 0. The number of nitrogens with one attached hydrogen (secondary N) is 2. The molecule has 1 rings (SSSR count). The topological polar surface area (TPSA) is 100 Å². The molecule has 0 aliphatic heterocycles. The Morgan fingerprint density at radius 1 is 1.69 bits per heavy atom. The highest BCUT2D eigenvalue weighted by Crippen LogP contribution is 2.21. The number of amides is 1. The van der Waals surface area contributed by atoms with E-state index in [9.17, 15) is 4.79 Å². The Kier molecular flexibility index (Phi) is 2.88. The van der Waals surface area contributed by atoms with Crippen LogP contribution in [-0.2, 0) is 0 Å². The number of carboxylic acid groups (broad SMARTS) is 1. The zero-order valence-electron chi connectivity index (χ0n) is 6.41. The molecule has 0 saturated heterocycles. The van der Waals surface area contributed by atoms with E-state index >= 15 is 0 Å². The summed E-state index contributed by atoms with van der Waals surface area (Å²) in [6, 6.07) is 1.39. The van der Waals surface area contributed by atoms with Crippen molar-refractivity contribution in [1.82, 2.24) is 4.98 Å². The molecule has 1 heterocycles. The molecule has 13 heavy (non-hydrogen) atoms. The maximum atomic E-state index is 10.2. The molecule has 0 atom stereocenters. The fourth-order valence-electron chi connectivity index (χ4n) is 0.727. The molecule has 0 fully saturated rings. The van der Waals surface area contributed by atoms with Gasteiger partial charge in [0.25, 0.3) is 0 Å². The summed E-state index contributed by atoms with van der Waals surface area (Å²) in [4.78, 5) is 13.9. The van der Waals surface area contributed by atoms with Crippen LogP contribution in [0.1, 0.15) is 0 Å². The Hall–Kier alpha value is -1.53. The van der Waals surface area contributed by atoms with Gasteiger partial charge in [-0.1, -0.05) is 11.6 Å². The molecule has 0 aromatic carbocycles. The minimum atomic E-state index is -1.20. The molecule has 0 aliphatic rings. The van der Waals surface area contributed by atoms with Crippen molar-refractivity contribution in [2.75, 3.05) is 10.7 Å². The van der Waals surface area contributed by atoms with Crippen LogP contribution in [0.4, 0.5) is 16.3 Å². The van der Waals surface area contributed by atoms with Crippen molar-refractivity contribution in [1.29, 1.82) is 0 Å². The van der Waals surface area contributed by atoms with Crippen molar-refractivity contribution in [2.45, 2.75) is 0 Å². The summed E-state index contributed by atoms with van der Waals surface area (Å²) in [5.74, 6) is 5.27. The average molecular weight is 203 g/mol. The van der Waals surface area contributed by atoms with Crippen LogP contribution in [0.15, 0.2) is 12.3 Å². The van der Waals surface area contributed by atoms with Crippen LogP contribution in [-0.4, -0.2) is 16.2 Å². The summed E-state index contributed by atoms with van der Waals surface area (Å²) >= 11 is 5.65. The van der Waals surface area contributed by atoms with Gasteiger partial charge in [-0.15, -0.1) is 0 Å². The van der Waals surface area contributed by atoms with E-state index < -0.39 is 6.09 Å². The summed E-state index contributed by atoms with van der Waals surface area (Å²) in [7, 11) is 0. The van der Waals surface area contributed by atoms with E-state index in [1.165, 1.54) is 12.3 Å². The van der Waals surface area contributed by atoms with Gasteiger partial charge in [-0.05, 0) is 0 Å². The van der Waals surface area contributed by atoms with Gasteiger partial charge < -0.3 is 10.5 Å². The Labute approximate surface area is 78.7 Å².